The molecule has 0 spiro atoms. The van der Waals surface area contributed by atoms with Crippen molar-refractivity contribution in [3.8, 4) is 0 Å². The third-order valence-corrected chi connectivity index (χ3v) is 2.96. The highest BCUT2D eigenvalue weighted by Gasteiger charge is 2.36. The van der Waals surface area contributed by atoms with Crippen molar-refractivity contribution < 1.29 is 5.11 Å². The normalized spacial score (nSPS) is 23.7. The molecule has 3 nitrogen and oxygen atoms in total. The van der Waals surface area contributed by atoms with Crippen molar-refractivity contribution in [2.24, 2.45) is 0 Å². The second-order valence-electron chi connectivity index (χ2n) is 4.73. The molecule has 3 N–H and O–H groups in total. The highest BCUT2D eigenvalue weighted by Crippen LogP contribution is 2.23. The lowest BCUT2D eigenvalue weighted by molar-refractivity contribution is -0.00656. The second-order valence-corrected chi connectivity index (χ2v) is 4.73. The van der Waals surface area contributed by atoms with Crippen LogP contribution in [0.2, 0.25) is 0 Å². The summed E-state index contributed by atoms with van der Waals surface area (Å²) in [6.07, 6.45) is 0. The zero-order valence-corrected chi connectivity index (χ0v) is 9.25. The Balaban J connectivity index is 2.17. The number of β-amino-alcohol motifs (C(OH)–C–C–N with tert-alkyl or cyclic N) is 1. The highest BCUT2D eigenvalue weighted by molar-refractivity contribution is 5.24. The van der Waals surface area contributed by atoms with Gasteiger partial charge in [0, 0.05) is 13.1 Å². The first kappa shape index (κ1) is 10.6. The maximum absolute atomic E-state index is 10.4. The standard InChI is InChI=1S/C12H18N2O/c1-11(2)13-8-12(15,9-14-11)10-6-4-3-5-7-10/h3-7,13-15H,8-9H2,1-2H3. The number of aliphatic hydroxyl groups is 1. The predicted molar refractivity (Wildman–Crippen MR) is 60.4 cm³/mol. The van der Waals surface area contributed by atoms with Crippen molar-refractivity contribution in [3.63, 3.8) is 0 Å². The minimum Gasteiger partial charge on any atom is -0.382 e. The lowest BCUT2D eigenvalue weighted by Gasteiger charge is -2.42. The summed E-state index contributed by atoms with van der Waals surface area (Å²) in [6, 6.07) is 9.78. The molecular formula is C12H18N2O. The molecule has 1 aromatic rings. The van der Waals surface area contributed by atoms with Gasteiger partial charge in [-0.1, -0.05) is 30.3 Å². The fraction of sp³-hybridized carbons (Fsp3) is 0.500. The van der Waals surface area contributed by atoms with Crippen LogP contribution in [0.1, 0.15) is 19.4 Å². The highest BCUT2D eigenvalue weighted by atomic mass is 16.3. The zero-order valence-electron chi connectivity index (χ0n) is 9.25. The third kappa shape index (κ3) is 2.20. The van der Waals surface area contributed by atoms with Crippen LogP contribution in [-0.4, -0.2) is 23.9 Å². The van der Waals surface area contributed by atoms with Crippen LogP contribution in [0.4, 0.5) is 0 Å². The molecule has 0 radical (unpaired) electrons. The van der Waals surface area contributed by atoms with Gasteiger partial charge in [0.25, 0.3) is 0 Å². The average Bonchev–Trinajstić information content (AvgIpc) is 2.24. The first-order valence-electron chi connectivity index (χ1n) is 5.30. The molecule has 1 saturated heterocycles. The molecule has 0 amide bonds. The van der Waals surface area contributed by atoms with E-state index in [1.807, 2.05) is 30.3 Å². The minimum absolute atomic E-state index is 0.0962. The molecule has 82 valence electrons. The SMILES string of the molecule is CC1(C)NCC(O)(c2ccccc2)CN1. The fourth-order valence-corrected chi connectivity index (χ4v) is 1.81. The molecule has 0 unspecified atom stereocenters. The molecule has 1 fully saturated rings. The molecule has 1 aliphatic heterocycles. The molecule has 15 heavy (non-hydrogen) atoms. The lowest BCUT2D eigenvalue weighted by Crippen LogP contribution is -2.65. The van der Waals surface area contributed by atoms with Crippen LogP contribution < -0.4 is 10.6 Å². The predicted octanol–water partition coefficient (Wildman–Crippen LogP) is 0.803. The quantitative estimate of drug-likeness (QED) is 0.637. The Morgan fingerprint density at radius 1 is 1.07 bits per heavy atom. The monoisotopic (exact) mass is 206 g/mol. The van der Waals surface area contributed by atoms with E-state index < -0.39 is 5.60 Å². The van der Waals surface area contributed by atoms with Crippen molar-refractivity contribution in [2.75, 3.05) is 13.1 Å². The van der Waals surface area contributed by atoms with Gasteiger partial charge >= 0.3 is 0 Å². The number of rotatable bonds is 1. The van der Waals surface area contributed by atoms with Crippen molar-refractivity contribution in [2.45, 2.75) is 25.1 Å². The molecule has 1 heterocycles. The van der Waals surface area contributed by atoms with Gasteiger partial charge in [-0.25, -0.2) is 0 Å². The van der Waals surface area contributed by atoms with E-state index in [9.17, 15) is 5.11 Å². The molecule has 3 heteroatoms. The summed E-state index contributed by atoms with van der Waals surface area (Å²) in [7, 11) is 0. The van der Waals surface area contributed by atoms with Crippen LogP contribution in [0.3, 0.4) is 0 Å². The Labute approximate surface area is 90.5 Å². The fourth-order valence-electron chi connectivity index (χ4n) is 1.81. The van der Waals surface area contributed by atoms with Gasteiger partial charge in [0.05, 0.1) is 5.66 Å². The van der Waals surface area contributed by atoms with Gasteiger partial charge in [-0.3, -0.25) is 10.6 Å². The Hall–Kier alpha value is -0.900. The van der Waals surface area contributed by atoms with Gasteiger partial charge < -0.3 is 5.11 Å². The molecular weight excluding hydrogens is 188 g/mol. The summed E-state index contributed by atoms with van der Waals surface area (Å²) in [5.41, 5.74) is 0.0677. The van der Waals surface area contributed by atoms with Crippen molar-refractivity contribution in [1.82, 2.24) is 10.6 Å². The Bertz CT molecular complexity index is 325. The topological polar surface area (TPSA) is 44.3 Å². The van der Waals surface area contributed by atoms with Crippen LogP contribution in [-0.2, 0) is 5.60 Å². The number of hydrogen-bond acceptors (Lipinski definition) is 3. The molecule has 0 saturated carbocycles. The molecule has 0 aliphatic carbocycles. The second kappa shape index (κ2) is 3.59. The summed E-state index contributed by atoms with van der Waals surface area (Å²) in [5, 5.41) is 17.0. The number of hydrogen-bond donors (Lipinski definition) is 3. The molecule has 0 aromatic heterocycles. The van der Waals surface area contributed by atoms with E-state index in [0.29, 0.717) is 13.1 Å². The summed E-state index contributed by atoms with van der Waals surface area (Å²) < 4.78 is 0. The van der Waals surface area contributed by atoms with Gasteiger partial charge in [-0.15, -0.1) is 0 Å². The minimum atomic E-state index is -0.795. The number of benzene rings is 1. The Morgan fingerprint density at radius 3 is 2.13 bits per heavy atom. The van der Waals surface area contributed by atoms with E-state index in [1.165, 1.54) is 0 Å². The van der Waals surface area contributed by atoms with Crippen LogP contribution in [0.5, 0.6) is 0 Å². The first-order chi connectivity index (χ1) is 7.02. The van der Waals surface area contributed by atoms with Crippen LogP contribution in [0.25, 0.3) is 0 Å². The zero-order chi connectivity index (χ0) is 10.9. The summed E-state index contributed by atoms with van der Waals surface area (Å²) in [6.45, 7) is 5.29. The molecule has 0 bridgehead atoms. The maximum Gasteiger partial charge on any atom is 0.114 e. The first-order valence-corrected chi connectivity index (χ1v) is 5.30. The lowest BCUT2D eigenvalue weighted by atomic mass is 9.90. The van der Waals surface area contributed by atoms with Crippen molar-refractivity contribution in [3.05, 3.63) is 35.9 Å². The van der Waals surface area contributed by atoms with Crippen molar-refractivity contribution >= 4 is 0 Å². The van der Waals surface area contributed by atoms with Gasteiger partial charge in [-0.05, 0) is 19.4 Å². The maximum atomic E-state index is 10.4. The molecule has 1 aliphatic rings. The van der Waals surface area contributed by atoms with Gasteiger partial charge in [0.1, 0.15) is 5.60 Å². The van der Waals surface area contributed by atoms with E-state index in [-0.39, 0.29) is 5.66 Å². The van der Waals surface area contributed by atoms with Crippen molar-refractivity contribution in [1.29, 1.82) is 0 Å². The Morgan fingerprint density at radius 2 is 1.60 bits per heavy atom. The number of nitrogens with one attached hydrogen (secondary N) is 2. The van der Waals surface area contributed by atoms with E-state index in [2.05, 4.69) is 24.5 Å². The smallest absolute Gasteiger partial charge is 0.114 e. The van der Waals surface area contributed by atoms with E-state index in [4.69, 9.17) is 0 Å². The van der Waals surface area contributed by atoms with Gasteiger partial charge in [-0.2, -0.15) is 0 Å². The summed E-state index contributed by atoms with van der Waals surface area (Å²) in [5.74, 6) is 0. The van der Waals surface area contributed by atoms with E-state index in [1.54, 1.807) is 0 Å². The van der Waals surface area contributed by atoms with Crippen LogP contribution in [0.15, 0.2) is 30.3 Å². The Kier molecular flexibility index (Phi) is 2.54. The van der Waals surface area contributed by atoms with Gasteiger partial charge in [0.15, 0.2) is 0 Å². The molecule has 0 atom stereocenters. The molecule has 1 aromatic carbocycles. The average molecular weight is 206 g/mol. The largest absolute Gasteiger partial charge is 0.382 e. The van der Waals surface area contributed by atoms with Gasteiger partial charge in [0.2, 0.25) is 0 Å². The summed E-state index contributed by atoms with van der Waals surface area (Å²) in [4.78, 5) is 0. The molecule has 2 rings (SSSR count). The summed E-state index contributed by atoms with van der Waals surface area (Å²) >= 11 is 0. The van der Waals surface area contributed by atoms with E-state index >= 15 is 0 Å². The third-order valence-electron chi connectivity index (χ3n) is 2.96. The van der Waals surface area contributed by atoms with E-state index in [0.717, 1.165) is 5.56 Å². The van der Waals surface area contributed by atoms with Crippen LogP contribution in [0, 0.1) is 0 Å². The van der Waals surface area contributed by atoms with Crippen LogP contribution >= 0.6 is 0 Å².